The second-order valence-corrected chi connectivity index (χ2v) is 5.91. The van der Waals surface area contributed by atoms with Crippen molar-refractivity contribution in [2.45, 2.75) is 19.8 Å². The van der Waals surface area contributed by atoms with Crippen LogP contribution in [0.15, 0.2) is 51.5 Å². The van der Waals surface area contributed by atoms with Crippen LogP contribution in [0.25, 0.3) is 0 Å². The van der Waals surface area contributed by atoms with E-state index in [9.17, 15) is 14.9 Å². The summed E-state index contributed by atoms with van der Waals surface area (Å²) in [6.07, 6.45) is 0. The average molecular weight is 391 g/mol. The molecule has 0 saturated heterocycles. The summed E-state index contributed by atoms with van der Waals surface area (Å²) in [7, 11) is 0. The van der Waals surface area contributed by atoms with E-state index in [-0.39, 0.29) is 29.4 Å². The summed E-state index contributed by atoms with van der Waals surface area (Å²) in [5.74, 6) is -2.47. The molecule has 0 fully saturated rings. The number of hydrogen-bond acceptors (Lipinski definition) is 6. The molecule has 0 bridgehead atoms. The van der Waals surface area contributed by atoms with Crippen LogP contribution in [0.4, 0.5) is 0 Å². The molecule has 0 aromatic heterocycles. The van der Waals surface area contributed by atoms with Crippen LogP contribution in [0.5, 0.6) is 0 Å². The minimum Gasteiger partial charge on any atom is -0.460 e. The topological polar surface area (TPSA) is 102 Å². The van der Waals surface area contributed by atoms with Gasteiger partial charge >= 0.3 is 5.97 Å². The highest BCUT2D eigenvalue weighted by atomic mass is 79.9. The molecule has 7 heteroatoms. The van der Waals surface area contributed by atoms with E-state index in [1.54, 1.807) is 25.1 Å². The van der Waals surface area contributed by atoms with Gasteiger partial charge in [0.05, 0.1) is 18.1 Å². The van der Waals surface area contributed by atoms with E-state index in [2.05, 4.69) is 15.9 Å². The molecular formula is C17H15BrN2O4. The first-order chi connectivity index (χ1) is 11.4. The van der Waals surface area contributed by atoms with Gasteiger partial charge < -0.3 is 15.2 Å². The maximum absolute atomic E-state index is 12.2. The van der Waals surface area contributed by atoms with Gasteiger partial charge in [-0.05, 0) is 31.5 Å². The van der Waals surface area contributed by atoms with Crippen molar-refractivity contribution >= 4 is 27.7 Å². The largest absolute Gasteiger partial charge is 0.460 e. The van der Waals surface area contributed by atoms with Crippen LogP contribution in [0.1, 0.15) is 25.3 Å². The van der Waals surface area contributed by atoms with Gasteiger partial charge in [0.2, 0.25) is 11.6 Å². The Kier molecular flexibility index (Phi) is 5.42. The first kappa shape index (κ1) is 17.8. The summed E-state index contributed by atoms with van der Waals surface area (Å²) in [5.41, 5.74) is 6.58. The van der Waals surface area contributed by atoms with Crippen LogP contribution in [0.3, 0.4) is 0 Å². The van der Waals surface area contributed by atoms with E-state index in [1.165, 1.54) is 6.92 Å². The van der Waals surface area contributed by atoms with Gasteiger partial charge in [0.25, 0.3) is 0 Å². The van der Waals surface area contributed by atoms with E-state index in [0.29, 0.717) is 5.56 Å². The quantitative estimate of drug-likeness (QED) is 0.792. The third-order valence-corrected chi connectivity index (χ3v) is 3.94. The molecule has 124 valence electrons. The lowest BCUT2D eigenvalue weighted by atomic mass is 9.81. The lowest BCUT2D eigenvalue weighted by Crippen LogP contribution is -2.28. The number of halogens is 1. The summed E-state index contributed by atoms with van der Waals surface area (Å²) in [4.78, 5) is 24.4. The van der Waals surface area contributed by atoms with Crippen LogP contribution in [0, 0.1) is 11.3 Å². The third-order valence-electron chi connectivity index (χ3n) is 3.44. The van der Waals surface area contributed by atoms with Gasteiger partial charge in [-0.1, -0.05) is 28.1 Å². The first-order valence-electron chi connectivity index (χ1n) is 7.16. The number of allylic oxidation sites excluding steroid dienone is 2. The predicted molar refractivity (Wildman–Crippen MR) is 89.1 cm³/mol. The van der Waals surface area contributed by atoms with Crippen LogP contribution in [0.2, 0.25) is 0 Å². The van der Waals surface area contributed by atoms with Crippen molar-refractivity contribution in [1.82, 2.24) is 0 Å². The molecule has 1 aromatic carbocycles. The Hall–Kier alpha value is -2.59. The molecule has 0 aliphatic carbocycles. The Balaban J connectivity index is 2.71. The maximum Gasteiger partial charge on any atom is 0.374 e. The first-order valence-corrected chi connectivity index (χ1v) is 7.95. The van der Waals surface area contributed by atoms with Gasteiger partial charge in [0.15, 0.2) is 5.78 Å². The summed E-state index contributed by atoms with van der Waals surface area (Å²) in [5, 5.41) is 9.46. The third kappa shape index (κ3) is 3.34. The van der Waals surface area contributed by atoms with E-state index in [1.807, 2.05) is 12.1 Å². The second-order valence-electron chi connectivity index (χ2n) is 5.00. The molecule has 1 atom stereocenters. The Bertz CT molecular complexity index is 805. The molecule has 1 unspecified atom stereocenters. The number of rotatable bonds is 4. The fourth-order valence-electron chi connectivity index (χ4n) is 2.49. The van der Waals surface area contributed by atoms with Crippen LogP contribution >= 0.6 is 15.9 Å². The molecule has 24 heavy (non-hydrogen) atoms. The van der Waals surface area contributed by atoms with Crippen LogP contribution in [-0.2, 0) is 19.1 Å². The van der Waals surface area contributed by atoms with Crippen LogP contribution < -0.4 is 5.73 Å². The van der Waals surface area contributed by atoms with Crippen molar-refractivity contribution < 1.29 is 19.1 Å². The molecule has 0 spiro atoms. The Morgan fingerprint density at radius 2 is 2.17 bits per heavy atom. The molecule has 2 rings (SSSR count). The summed E-state index contributed by atoms with van der Waals surface area (Å²) < 4.78 is 11.0. The number of nitrogens with two attached hydrogens (primary N) is 1. The normalized spacial score (nSPS) is 17.2. The Labute approximate surface area is 147 Å². The van der Waals surface area contributed by atoms with Crippen molar-refractivity contribution in [2.75, 3.05) is 6.61 Å². The summed E-state index contributed by atoms with van der Waals surface area (Å²) in [6.45, 7) is 3.06. The number of carbonyl (C=O) groups is 2. The maximum atomic E-state index is 12.2. The highest BCUT2D eigenvalue weighted by Crippen LogP contribution is 2.40. The van der Waals surface area contributed by atoms with Crippen molar-refractivity contribution in [3.8, 4) is 6.07 Å². The van der Waals surface area contributed by atoms with E-state index in [4.69, 9.17) is 15.2 Å². The van der Waals surface area contributed by atoms with E-state index >= 15 is 0 Å². The van der Waals surface area contributed by atoms with Crippen molar-refractivity contribution in [3.05, 3.63) is 57.1 Å². The van der Waals surface area contributed by atoms with Gasteiger partial charge in [-0.25, -0.2) is 4.79 Å². The average Bonchev–Trinajstić information content (AvgIpc) is 2.53. The highest BCUT2D eigenvalue weighted by molar-refractivity contribution is 9.10. The smallest absolute Gasteiger partial charge is 0.374 e. The Morgan fingerprint density at radius 3 is 2.71 bits per heavy atom. The molecule has 1 aromatic rings. The fourth-order valence-corrected chi connectivity index (χ4v) is 2.91. The van der Waals surface area contributed by atoms with Crippen molar-refractivity contribution in [2.24, 2.45) is 5.73 Å². The van der Waals surface area contributed by atoms with Crippen LogP contribution in [-0.4, -0.2) is 18.4 Å². The highest BCUT2D eigenvalue weighted by Gasteiger charge is 2.38. The zero-order valence-electron chi connectivity index (χ0n) is 13.1. The van der Waals surface area contributed by atoms with Gasteiger partial charge in [0.1, 0.15) is 11.6 Å². The number of hydrogen-bond donors (Lipinski definition) is 1. The minimum absolute atomic E-state index is 0.0531. The molecule has 1 aliphatic heterocycles. The molecule has 0 amide bonds. The molecular weight excluding hydrogens is 376 g/mol. The van der Waals surface area contributed by atoms with Crippen molar-refractivity contribution in [3.63, 3.8) is 0 Å². The second kappa shape index (κ2) is 7.32. The zero-order chi connectivity index (χ0) is 17.9. The number of ketones is 1. The minimum atomic E-state index is -0.793. The van der Waals surface area contributed by atoms with Crippen molar-refractivity contribution in [1.29, 1.82) is 5.26 Å². The number of carbonyl (C=O) groups excluding carboxylic acids is 2. The van der Waals surface area contributed by atoms with Gasteiger partial charge in [-0.2, -0.15) is 5.26 Å². The Morgan fingerprint density at radius 1 is 1.46 bits per heavy atom. The molecule has 1 aliphatic rings. The molecule has 0 radical (unpaired) electrons. The summed E-state index contributed by atoms with van der Waals surface area (Å²) >= 11 is 3.36. The molecule has 2 N–H and O–H groups in total. The predicted octanol–water partition coefficient (Wildman–Crippen LogP) is 2.66. The van der Waals surface area contributed by atoms with Gasteiger partial charge in [-0.3, -0.25) is 4.79 Å². The number of nitriles is 1. The van der Waals surface area contributed by atoms with Gasteiger partial charge in [-0.15, -0.1) is 0 Å². The lowest BCUT2D eigenvalue weighted by Gasteiger charge is -2.27. The number of benzene rings is 1. The van der Waals surface area contributed by atoms with E-state index < -0.39 is 17.7 Å². The SMILES string of the molecule is CCOC(=O)C1=C(C(C)=O)C(c2cccc(Br)c2)C(C#N)=C(N)O1. The number of esters is 1. The lowest BCUT2D eigenvalue weighted by molar-refractivity contribution is -0.142. The monoisotopic (exact) mass is 390 g/mol. The molecule has 1 heterocycles. The number of Topliss-reactive ketones (excluding diaryl/α,β-unsaturated/α-hetero) is 1. The fraction of sp³-hybridized carbons (Fsp3) is 0.235. The zero-order valence-corrected chi connectivity index (χ0v) is 14.7. The standard InChI is InChI=1S/C17H15BrN2O4/c1-3-23-17(22)15-13(9(2)21)14(12(8-19)16(20)24-15)10-5-4-6-11(18)7-10/h4-7,14H,3,20H2,1-2H3. The molecule has 0 saturated carbocycles. The molecule has 6 nitrogen and oxygen atoms in total. The number of ether oxygens (including phenoxy) is 2. The summed E-state index contributed by atoms with van der Waals surface area (Å²) in [6, 6.07) is 9.05. The number of nitrogens with zero attached hydrogens (tertiary/aromatic N) is 1. The van der Waals surface area contributed by atoms with E-state index in [0.717, 1.165) is 4.47 Å². The van der Waals surface area contributed by atoms with Gasteiger partial charge in [0, 0.05) is 4.47 Å².